The number of aryl methyl sites for hydroxylation is 2. The SMILES string of the molecule is CC(=[NH2+])[C@H](C#N)C(=O)CSc1cc(C)c2cccc(C)c2n1. The van der Waals surface area contributed by atoms with Crippen molar-refractivity contribution >= 4 is 34.2 Å². The number of benzene rings is 1. The highest BCUT2D eigenvalue weighted by Crippen LogP contribution is 2.26. The Balaban J connectivity index is 2.23. The summed E-state index contributed by atoms with van der Waals surface area (Å²) in [7, 11) is 0. The van der Waals surface area contributed by atoms with Crippen LogP contribution in [0, 0.1) is 31.1 Å². The smallest absolute Gasteiger partial charge is 0.184 e. The van der Waals surface area contributed by atoms with Crippen LogP contribution < -0.4 is 5.41 Å². The number of fused-ring (bicyclic) bond motifs is 1. The lowest BCUT2D eigenvalue weighted by atomic mass is 10.0. The summed E-state index contributed by atoms with van der Waals surface area (Å²) in [6.07, 6.45) is 0. The van der Waals surface area contributed by atoms with Crippen LogP contribution >= 0.6 is 11.8 Å². The summed E-state index contributed by atoms with van der Waals surface area (Å²) in [6, 6.07) is 9.99. The lowest BCUT2D eigenvalue weighted by molar-refractivity contribution is -0.127. The fourth-order valence-corrected chi connectivity index (χ4v) is 3.13. The largest absolute Gasteiger partial charge is 0.297 e. The second-order valence-electron chi connectivity index (χ2n) is 5.31. The summed E-state index contributed by atoms with van der Waals surface area (Å²) in [5.41, 5.74) is 3.53. The van der Waals surface area contributed by atoms with Crippen molar-refractivity contribution in [1.82, 2.24) is 4.98 Å². The summed E-state index contributed by atoms with van der Waals surface area (Å²) in [5.74, 6) is -0.830. The molecule has 2 N–H and O–H groups in total. The number of nitrogens with zero attached hydrogens (tertiary/aromatic N) is 2. The quantitative estimate of drug-likeness (QED) is 0.675. The molecule has 5 heteroatoms. The van der Waals surface area contributed by atoms with Crippen molar-refractivity contribution in [3.8, 4) is 6.07 Å². The number of nitrogens with two attached hydrogens (primary N) is 1. The van der Waals surface area contributed by atoms with Crippen molar-refractivity contribution < 1.29 is 10.2 Å². The lowest BCUT2D eigenvalue weighted by Crippen LogP contribution is -2.44. The van der Waals surface area contributed by atoms with Crippen molar-refractivity contribution in [1.29, 1.82) is 5.26 Å². The monoisotopic (exact) mass is 312 g/mol. The first-order valence-corrected chi connectivity index (χ1v) is 7.93. The molecule has 0 aliphatic rings. The number of para-hydroxylation sites is 1. The van der Waals surface area contributed by atoms with E-state index in [0.717, 1.165) is 27.1 Å². The van der Waals surface area contributed by atoms with Gasteiger partial charge in [0, 0.05) is 12.3 Å². The molecule has 1 heterocycles. The number of thioether (sulfide) groups is 1. The maximum atomic E-state index is 12.0. The zero-order valence-corrected chi connectivity index (χ0v) is 13.7. The van der Waals surface area contributed by atoms with Crippen LogP contribution in [0.1, 0.15) is 18.1 Å². The summed E-state index contributed by atoms with van der Waals surface area (Å²) in [6.45, 7) is 5.65. The Morgan fingerprint density at radius 1 is 1.41 bits per heavy atom. The van der Waals surface area contributed by atoms with Gasteiger partial charge in [-0.2, -0.15) is 5.26 Å². The number of Topliss-reactive ketones (excluding diaryl/α,β-unsaturated/α-hetero) is 1. The first kappa shape index (κ1) is 16.2. The molecule has 0 saturated heterocycles. The van der Waals surface area contributed by atoms with Gasteiger partial charge in [-0.05, 0) is 31.0 Å². The Morgan fingerprint density at radius 2 is 2.14 bits per heavy atom. The Bertz CT molecular complexity index is 792. The minimum absolute atomic E-state index is 0.183. The van der Waals surface area contributed by atoms with E-state index in [2.05, 4.69) is 4.98 Å². The van der Waals surface area contributed by atoms with Gasteiger partial charge in [-0.15, -0.1) is 0 Å². The molecule has 0 unspecified atom stereocenters. The topological polar surface area (TPSA) is 79.3 Å². The third-order valence-electron chi connectivity index (χ3n) is 3.49. The van der Waals surface area contributed by atoms with Gasteiger partial charge in [0.05, 0.1) is 22.4 Å². The van der Waals surface area contributed by atoms with Gasteiger partial charge in [0.15, 0.2) is 17.4 Å². The van der Waals surface area contributed by atoms with Crippen LogP contribution in [0.3, 0.4) is 0 Å². The third kappa shape index (κ3) is 3.34. The number of aromatic nitrogens is 1. The molecule has 1 aromatic carbocycles. The van der Waals surface area contributed by atoms with Crippen molar-refractivity contribution in [2.45, 2.75) is 25.8 Å². The molecule has 0 amide bonds. The minimum atomic E-state index is -0.837. The number of ketones is 1. The Labute approximate surface area is 134 Å². The predicted molar refractivity (Wildman–Crippen MR) is 88.7 cm³/mol. The van der Waals surface area contributed by atoms with Crippen LogP contribution in [0.25, 0.3) is 10.9 Å². The molecule has 0 radical (unpaired) electrons. The van der Waals surface area contributed by atoms with Crippen LogP contribution in [0.15, 0.2) is 29.3 Å². The van der Waals surface area contributed by atoms with Gasteiger partial charge in [-0.25, -0.2) is 4.98 Å². The molecule has 0 fully saturated rings. The number of nitriles is 1. The van der Waals surface area contributed by atoms with Gasteiger partial charge in [0.1, 0.15) is 0 Å². The lowest BCUT2D eigenvalue weighted by Gasteiger charge is -2.08. The van der Waals surface area contributed by atoms with Gasteiger partial charge in [-0.3, -0.25) is 10.2 Å². The Morgan fingerprint density at radius 3 is 2.77 bits per heavy atom. The molecule has 112 valence electrons. The van der Waals surface area contributed by atoms with E-state index in [1.807, 2.05) is 44.2 Å². The van der Waals surface area contributed by atoms with E-state index >= 15 is 0 Å². The number of carbonyl (C=O) groups excluding carboxylic acids is 1. The predicted octanol–water partition coefficient (Wildman–Crippen LogP) is 1.87. The van der Waals surface area contributed by atoms with E-state index in [9.17, 15) is 4.79 Å². The second kappa shape index (κ2) is 6.71. The maximum Gasteiger partial charge on any atom is 0.184 e. The van der Waals surface area contributed by atoms with E-state index in [1.165, 1.54) is 11.8 Å². The molecule has 22 heavy (non-hydrogen) atoms. The summed E-state index contributed by atoms with van der Waals surface area (Å²) in [4.78, 5) is 16.7. The zero-order chi connectivity index (χ0) is 16.3. The normalized spacial score (nSPS) is 11.9. The number of rotatable bonds is 5. The first-order valence-electron chi connectivity index (χ1n) is 6.95. The number of carbonyl (C=O) groups is 1. The standard InChI is InChI=1S/C17H17N3OS/c1-10-5-4-6-13-11(2)7-16(20-17(10)13)22-9-15(21)14(8-18)12(3)19/h4-7,14,19H,9H2,1-3H3/p+1/t14-/m0/s1. The zero-order valence-electron chi connectivity index (χ0n) is 12.9. The molecule has 2 aromatic rings. The average molecular weight is 312 g/mol. The Kier molecular flexibility index (Phi) is 4.94. The van der Waals surface area contributed by atoms with Gasteiger partial charge < -0.3 is 0 Å². The van der Waals surface area contributed by atoms with Crippen LogP contribution in [0.4, 0.5) is 0 Å². The molecular weight excluding hydrogens is 294 g/mol. The van der Waals surface area contributed by atoms with Crippen molar-refractivity contribution in [3.05, 3.63) is 35.4 Å². The molecule has 0 spiro atoms. The fraction of sp³-hybridized carbons (Fsp3) is 0.294. The average Bonchev–Trinajstić information content (AvgIpc) is 2.46. The van der Waals surface area contributed by atoms with Crippen LogP contribution in [-0.4, -0.2) is 22.2 Å². The fourth-order valence-electron chi connectivity index (χ4n) is 2.26. The van der Waals surface area contributed by atoms with E-state index in [0.29, 0.717) is 5.71 Å². The van der Waals surface area contributed by atoms with Crippen molar-refractivity contribution in [2.75, 3.05) is 5.75 Å². The maximum absolute atomic E-state index is 12.0. The number of hydrogen-bond donors (Lipinski definition) is 1. The van der Waals surface area contributed by atoms with Gasteiger partial charge in [0.2, 0.25) is 0 Å². The van der Waals surface area contributed by atoms with E-state index < -0.39 is 5.92 Å². The van der Waals surface area contributed by atoms with Gasteiger partial charge >= 0.3 is 0 Å². The molecule has 1 aromatic heterocycles. The highest BCUT2D eigenvalue weighted by Gasteiger charge is 2.23. The minimum Gasteiger partial charge on any atom is -0.297 e. The molecule has 0 saturated carbocycles. The first-order chi connectivity index (χ1) is 10.4. The molecule has 0 bridgehead atoms. The van der Waals surface area contributed by atoms with Crippen molar-refractivity contribution in [2.24, 2.45) is 5.92 Å². The highest BCUT2D eigenvalue weighted by molar-refractivity contribution is 7.99. The number of hydrogen-bond acceptors (Lipinski definition) is 4. The van der Waals surface area contributed by atoms with Crippen molar-refractivity contribution in [3.63, 3.8) is 0 Å². The van der Waals surface area contributed by atoms with Gasteiger partial charge in [-0.1, -0.05) is 30.0 Å². The highest BCUT2D eigenvalue weighted by atomic mass is 32.2. The van der Waals surface area contributed by atoms with Crippen LogP contribution in [0.5, 0.6) is 0 Å². The summed E-state index contributed by atoms with van der Waals surface area (Å²) < 4.78 is 0. The molecular formula is C17H18N3OS+. The van der Waals surface area contributed by atoms with E-state index in [4.69, 9.17) is 10.7 Å². The van der Waals surface area contributed by atoms with Crippen LogP contribution in [0.2, 0.25) is 0 Å². The van der Waals surface area contributed by atoms with Crippen LogP contribution in [-0.2, 0) is 4.79 Å². The molecule has 1 atom stereocenters. The van der Waals surface area contributed by atoms with E-state index in [-0.39, 0.29) is 11.5 Å². The molecule has 4 nitrogen and oxygen atoms in total. The molecule has 0 aliphatic carbocycles. The third-order valence-corrected chi connectivity index (χ3v) is 4.43. The summed E-state index contributed by atoms with van der Waals surface area (Å²) in [5, 5.41) is 16.5. The number of pyridine rings is 1. The Hall–Kier alpha value is -2.19. The molecule has 0 aliphatic heterocycles. The van der Waals surface area contributed by atoms with E-state index in [1.54, 1.807) is 6.92 Å². The second-order valence-corrected chi connectivity index (χ2v) is 6.31. The van der Waals surface area contributed by atoms with Gasteiger partial charge in [0.25, 0.3) is 0 Å². The summed E-state index contributed by atoms with van der Waals surface area (Å²) >= 11 is 1.35. The molecule has 2 rings (SSSR count).